The van der Waals surface area contributed by atoms with Gasteiger partial charge in [-0.2, -0.15) is 0 Å². The van der Waals surface area contributed by atoms with Crippen LogP contribution < -0.4 is 15.8 Å². The van der Waals surface area contributed by atoms with Gasteiger partial charge in [-0.05, 0) is 37.0 Å². The van der Waals surface area contributed by atoms with E-state index in [0.717, 1.165) is 12.2 Å². The minimum Gasteiger partial charge on any atom is -0.497 e. The molecule has 108 valence electrons. The van der Waals surface area contributed by atoms with Crippen LogP contribution in [0, 0.1) is 0 Å². The Morgan fingerprint density at radius 1 is 1.32 bits per heavy atom. The second-order valence-corrected chi connectivity index (χ2v) is 4.54. The molecule has 1 rings (SSSR count). The molecular weight excluding hydrogens is 264 g/mol. The molecule has 1 aromatic rings. The summed E-state index contributed by atoms with van der Waals surface area (Å²) in [5, 5.41) is 2.82. The number of hydrogen-bond acceptors (Lipinski definition) is 3. The van der Waals surface area contributed by atoms with Crippen LogP contribution in [0.2, 0.25) is 0 Å². The van der Waals surface area contributed by atoms with Crippen molar-refractivity contribution in [3.8, 4) is 5.75 Å². The molecule has 0 aliphatic carbocycles. The first-order valence-electron chi connectivity index (χ1n) is 6.22. The van der Waals surface area contributed by atoms with E-state index in [4.69, 9.17) is 10.5 Å². The van der Waals surface area contributed by atoms with Gasteiger partial charge in [0.25, 0.3) is 0 Å². The first-order chi connectivity index (χ1) is 8.54. The van der Waals surface area contributed by atoms with Crippen LogP contribution in [0.1, 0.15) is 31.7 Å². The summed E-state index contributed by atoms with van der Waals surface area (Å²) in [5.74, 6) is 1.15. The van der Waals surface area contributed by atoms with Gasteiger partial charge in [-0.15, -0.1) is 12.4 Å². The SMILES string of the molecule is COc1ccc(C(C)CCNC(=O)[C@H](C)N)cc1.Cl. The van der Waals surface area contributed by atoms with Gasteiger partial charge in [0.2, 0.25) is 5.91 Å². The lowest BCUT2D eigenvalue weighted by molar-refractivity contribution is -0.121. The number of nitrogens with two attached hydrogens (primary N) is 1. The molecule has 0 fully saturated rings. The third-order valence-electron chi connectivity index (χ3n) is 2.97. The van der Waals surface area contributed by atoms with Gasteiger partial charge in [0.1, 0.15) is 5.75 Å². The van der Waals surface area contributed by atoms with Crippen molar-refractivity contribution in [1.29, 1.82) is 0 Å². The van der Waals surface area contributed by atoms with Crippen LogP contribution in [-0.4, -0.2) is 25.6 Å². The lowest BCUT2D eigenvalue weighted by Crippen LogP contribution is -2.38. The smallest absolute Gasteiger partial charge is 0.236 e. The van der Waals surface area contributed by atoms with Gasteiger partial charge in [-0.1, -0.05) is 19.1 Å². The maximum atomic E-state index is 11.3. The summed E-state index contributed by atoms with van der Waals surface area (Å²) in [6, 6.07) is 7.56. The van der Waals surface area contributed by atoms with E-state index in [2.05, 4.69) is 24.4 Å². The molecule has 0 saturated heterocycles. The molecule has 0 saturated carbocycles. The molecule has 4 nitrogen and oxygen atoms in total. The van der Waals surface area contributed by atoms with Crippen LogP contribution in [0.3, 0.4) is 0 Å². The third-order valence-corrected chi connectivity index (χ3v) is 2.97. The molecule has 1 aromatic carbocycles. The maximum Gasteiger partial charge on any atom is 0.236 e. The van der Waals surface area contributed by atoms with Crippen molar-refractivity contribution in [3.05, 3.63) is 29.8 Å². The van der Waals surface area contributed by atoms with E-state index < -0.39 is 6.04 Å². The fraction of sp³-hybridized carbons (Fsp3) is 0.500. The van der Waals surface area contributed by atoms with Crippen molar-refractivity contribution in [1.82, 2.24) is 5.32 Å². The standard InChI is InChI=1S/C14H22N2O2.ClH/c1-10(8-9-16-14(17)11(2)15)12-4-6-13(18-3)7-5-12;/h4-7,10-11H,8-9,15H2,1-3H3,(H,16,17);1H/t10?,11-;/m0./s1. The Bertz CT molecular complexity index is 380. The Morgan fingerprint density at radius 3 is 2.37 bits per heavy atom. The number of benzene rings is 1. The number of methoxy groups -OCH3 is 1. The zero-order valence-electron chi connectivity index (χ0n) is 11.7. The molecule has 0 heterocycles. The molecule has 0 aliphatic heterocycles. The molecule has 5 heteroatoms. The second-order valence-electron chi connectivity index (χ2n) is 4.54. The highest BCUT2D eigenvalue weighted by atomic mass is 35.5. The Balaban J connectivity index is 0.00000324. The molecule has 0 aromatic heterocycles. The van der Waals surface area contributed by atoms with E-state index >= 15 is 0 Å². The van der Waals surface area contributed by atoms with Crippen LogP contribution in [0.15, 0.2) is 24.3 Å². The Morgan fingerprint density at radius 2 is 1.89 bits per heavy atom. The summed E-state index contributed by atoms with van der Waals surface area (Å²) in [5.41, 5.74) is 6.71. The van der Waals surface area contributed by atoms with E-state index in [1.807, 2.05) is 12.1 Å². The lowest BCUT2D eigenvalue weighted by atomic mass is 9.98. The summed E-state index contributed by atoms with van der Waals surface area (Å²) < 4.78 is 5.12. The predicted molar refractivity (Wildman–Crippen MR) is 79.9 cm³/mol. The van der Waals surface area contributed by atoms with Gasteiger partial charge in [-0.25, -0.2) is 0 Å². The van der Waals surface area contributed by atoms with Gasteiger partial charge in [0, 0.05) is 6.54 Å². The van der Waals surface area contributed by atoms with Gasteiger partial charge in [-0.3, -0.25) is 4.79 Å². The normalized spacial score (nSPS) is 13.1. The molecule has 1 unspecified atom stereocenters. The van der Waals surface area contributed by atoms with Crippen molar-refractivity contribution < 1.29 is 9.53 Å². The average molecular weight is 287 g/mol. The van der Waals surface area contributed by atoms with Gasteiger partial charge in [0.15, 0.2) is 0 Å². The zero-order valence-corrected chi connectivity index (χ0v) is 12.5. The Labute approximate surface area is 121 Å². The summed E-state index contributed by atoms with van der Waals surface area (Å²) >= 11 is 0. The molecule has 0 aliphatic rings. The lowest BCUT2D eigenvalue weighted by Gasteiger charge is -2.13. The van der Waals surface area contributed by atoms with Crippen LogP contribution in [0.4, 0.5) is 0 Å². The summed E-state index contributed by atoms with van der Waals surface area (Å²) in [7, 11) is 1.65. The quantitative estimate of drug-likeness (QED) is 0.841. The third kappa shape index (κ3) is 5.94. The second kappa shape index (κ2) is 8.77. The molecule has 2 atom stereocenters. The predicted octanol–water partition coefficient (Wildman–Crippen LogP) is 2.07. The monoisotopic (exact) mass is 286 g/mol. The summed E-state index contributed by atoms with van der Waals surface area (Å²) in [6.07, 6.45) is 0.894. The van der Waals surface area contributed by atoms with Crippen LogP contribution in [-0.2, 0) is 4.79 Å². The van der Waals surface area contributed by atoms with Gasteiger partial charge >= 0.3 is 0 Å². The van der Waals surface area contributed by atoms with Crippen molar-refractivity contribution in [2.75, 3.05) is 13.7 Å². The van der Waals surface area contributed by atoms with E-state index in [0.29, 0.717) is 12.5 Å². The minimum atomic E-state index is -0.443. The minimum absolute atomic E-state index is 0. The van der Waals surface area contributed by atoms with E-state index in [1.54, 1.807) is 14.0 Å². The van der Waals surface area contributed by atoms with Crippen LogP contribution in [0.25, 0.3) is 0 Å². The number of hydrogen-bond donors (Lipinski definition) is 2. The molecule has 0 bridgehead atoms. The first kappa shape index (κ1) is 17.7. The topological polar surface area (TPSA) is 64.3 Å². The van der Waals surface area contributed by atoms with Crippen LogP contribution in [0.5, 0.6) is 5.75 Å². The van der Waals surface area contributed by atoms with E-state index in [1.165, 1.54) is 5.56 Å². The van der Waals surface area contributed by atoms with Crippen molar-refractivity contribution in [2.45, 2.75) is 32.2 Å². The number of ether oxygens (including phenoxy) is 1. The molecule has 3 N–H and O–H groups in total. The Hall–Kier alpha value is -1.26. The maximum absolute atomic E-state index is 11.3. The number of rotatable bonds is 6. The molecular formula is C14H23ClN2O2. The van der Waals surface area contributed by atoms with Crippen LogP contribution >= 0.6 is 12.4 Å². The largest absolute Gasteiger partial charge is 0.497 e. The first-order valence-corrected chi connectivity index (χ1v) is 6.22. The number of carbonyl (C=O) groups excluding carboxylic acids is 1. The Kier molecular flexibility index (Phi) is 8.19. The van der Waals surface area contributed by atoms with Gasteiger partial charge in [0.05, 0.1) is 13.2 Å². The number of halogens is 1. The highest BCUT2D eigenvalue weighted by Crippen LogP contribution is 2.21. The average Bonchev–Trinajstić information content (AvgIpc) is 2.38. The molecule has 0 spiro atoms. The van der Waals surface area contributed by atoms with E-state index in [9.17, 15) is 4.79 Å². The number of nitrogens with one attached hydrogen (secondary N) is 1. The fourth-order valence-corrected chi connectivity index (χ4v) is 1.67. The molecule has 0 radical (unpaired) electrons. The highest BCUT2D eigenvalue weighted by Gasteiger charge is 2.09. The molecule has 19 heavy (non-hydrogen) atoms. The highest BCUT2D eigenvalue weighted by molar-refractivity contribution is 5.85. The van der Waals surface area contributed by atoms with E-state index in [-0.39, 0.29) is 18.3 Å². The van der Waals surface area contributed by atoms with Crippen molar-refractivity contribution >= 4 is 18.3 Å². The van der Waals surface area contributed by atoms with Crippen molar-refractivity contribution in [2.24, 2.45) is 5.73 Å². The number of amides is 1. The fourth-order valence-electron chi connectivity index (χ4n) is 1.67. The summed E-state index contributed by atoms with van der Waals surface area (Å²) in [4.78, 5) is 11.3. The number of carbonyl (C=O) groups is 1. The van der Waals surface area contributed by atoms with Crippen molar-refractivity contribution in [3.63, 3.8) is 0 Å². The summed E-state index contributed by atoms with van der Waals surface area (Å²) in [6.45, 7) is 4.47. The zero-order chi connectivity index (χ0) is 13.5. The molecule has 1 amide bonds. The van der Waals surface area contributed by atoms with Gasteiger partial charge < -0.3 is 15.8 Å².